The van der Waals surface area contributed by atoms with E-state index in [-0.39, 0.29) is 28.8 Å². The number of aromatic nitrogens is 3. The van der Waals surface area contributed by atoms with E-state index < -0.39 is 11.6 Å². The first-order chi connectivity index (χ1) is 14.5. The number of rotatable bonds is 5. The average Bonchev–Trinajstić information content (AvgIpc) is 3.29. The first kappa shape index (κ1) is 19.8. The molecule has 4 rings (SSSR count). The third kappa shape index (κ3) is 3.81. The second-order valence-electron chi connectivity index (χ2n) is 6.93. The van der Waals surface area contributed by atoms with Gasteiger partial charge in [-0.15, -0.1) is 4.68 Å². The molecule has 0 radical (unpaired) electrons. The lowest BCUT2D eigenvalue weighted by molar-refractivity contribution is -0.757. The number of hydrogen-bond donors (Lipinski definition) is 3. The summed E-state index contributed by atoms with van der Waals surface area (Å²) in [5, 5.41) is 5.84. The number of anilines is 2. The Hall–Kier alpha value is -3.53. The van der Waals surface area contributed by atoms with Gasteiger partial charge in [0, 0.05) is 18.7 Å². The maximum absolute atomic E-state index is 14.1. The number of nitrogens with two attached hydrogens (primary N) is 1. The van der Waals surface area contributed by atoms with E-state index in [1.807, 2.05) is 10.9 Å². The molecular formula is C20H21F2N6O2+. The Morgan fingerprint density at radius 3 is 2.93 bits per heavy atom. The molecule has 0 aliphatic carbocycles. The highest BCUT2D eigenvalue weighted by Crippen LogP contribution is 2.27. The second kappa shape index (κ2) is 8.07. The number of fused-ring (bicyclic) bond motifs is 1. The quantitative estimate of drug-likeness (QED) is 0.557. The molecule has 0 saturated heterocycles. The number of methoxy groups -OCH3 is 1. The molecular weight excluding hydrogens is 394 g/mol. The van der Waals surface area contributed by atoms with E-state index in [0.717, 1.165) is 23.4 Å². The highest BCUT2D eigenvalue weighted by atomic mass is 19.1. The van der Waals surface area contributed by atoms with Crippen molar-refractivity contribution in [2.75, 3.05) is 24.8 Å². The van der Waals surface area contributed by atoms with Crippen molar-refractivity contribution in [2.24, 2.45) is 0 Å². The lowest BCUT2D eigenvalue weighted by atomic mass is 10.1. The summed E-state index contributed by atoms with van der Waals surface area (Å²) in [4.78, 5) is 18.7. The predicted octanol–water partition coefficient (Wildman–Crippen LogP) is 2.42. The number of halogens is 2. The van der Waals surface area contributed by atoms with Crippen molar-refractivity contribution in [3.63, 3.8) is 0 Å². The molecule has 10 heteroatoms. The van der Waals surface area contributed by atoms with Gasteiger partial charge in [-0.2, -0.15) is 5.10 Å². The summed E-state index contributed by atoms with van der Waals surface area (Å²) in [5.41, 5.74) is 8.56. The number of H-pyrrole nitrogens is 1. The van der Waals surface area contributed by atoms with E-state index in [4.69, 9.17) is 10.5 Å². The number of ether oxygens (including phenoxy) is 1. The van der Waals surface area contributed by atoms with E-state index in [2.05, 4.69) is 15.4 Å². The van der Waals surface area contributed by atoms with E-state index >= 15 is 0 Å². The molecule has 156 valence electrons. The topological polar surface area (TPSA) is 100 Å². The van der Waals surface area contributed by atoms with Gasteiger partial charge in [-0.3, -0.25) is 5.32 Å². The zero-order valence-electron chi connectivity index (χ0n) is 16.3. The van der Waals surface area contributed by atoms with Crippen molar-refractivity contribution >= 4 is 17.5 Å². The van der Waals surface area contributed by atoms with Crippen molar-refractivity contribution in [3.8, 4) is 11.3 Å². The number of aromatic amines is 1. The van der Waals surface area contributed by atoms with Crippen molar-refractivity contribution < 1.29 is 23.0 Å². The summed E-state index contributed by atoms with van der Waals surface area (Å²) in [6.45, 7) is 2.06. The van der Waals surface area contributed by atoms with Crippen LogP contribution in [-0.4, -0.2) is 34.7 Å². The van der Waals surface area contributed by atoms with Gasteiger partial charge in [0.2, 0.25) is 5.69 Å². The van der Waals surface area contributed by atoms with Crippen LogP contribution in [0.1, 0.15) is 11.3 Å². The van der Waals surface area contributed by atoms with Gasteiger partial charge in [-0.25, -0.2) is 18.6 Å². The van der Waals surface area contributed by atoms with Crippen LogP contribution in [0.4, 0.5) is 25.1 Å². The van der Waals surface area contributed by atoms with E-state index in [1.54, 1.807) is 12.0 Å². The fourth-order valence-corrected chi connectivity index (χ4v) is 3.38. The molecule has 3 heterocycles. The molecule has 0 bridgehead atoms. The number of nitrogen functional groups attached to an aromatic ring is 1. The Kier molecular flexibility index (Phi) is 5.32. The number of carbonyl (C=O) groups excluding carboxylic acids is 1. The van der Waals surface area contributed by atoms with Crippen LogP contribution in [0.2, 0.25) is 0 Å². The maximum atomic E-state index is 14.1. The third-order valence-electron chi connectivity index (χ3n) is 4.96. The normalized spacial score (nSPS) is 12.8. The van der Waals surface area contributed by atoms with Gasteiger partial charge in [0.15, 0.2) is 12.4 Å². The third-order valence-corrected chi connectivity index (χ3v) is 4.96. The van der Waals surface area contributed by atoms with Gasteiger partial charge < -0.3 is 15.4 Å². The standard InChI is InChI=1S/C20H20F2N6O2/c1-30-7-6-28-18-11-27(10-12(18)9-24-28)20(29)26-19-16(23)4-5-17(25-19)14-3-2-13(21)8-15(14)22/h2-5,8-9H,6-7,10-11,23H2,1H3,(H,25,26,29)/p+1. The Bertz CT molecular complexity index is 1100. The predicted molar refractivity (Wildman–Crippen MR) is 105 cm³/mol. The maximum Gasteiger partial charge on any atom is 0.323 e. The summed E-state index contributed by atoms with van der Waals surface area (Å²) in [5.74, 6) is -1.31. The Morgan fingerprint density at radius 1 is 1.33 bits per heavy atom. The fraction of sp³-hybridized carbons (Fsp3) is 0.250. The SMILES string of the molecule is COCC[n+]1[nH]cc2c1CN(C(=O)Nc1nc(-c3ccc(F)cc3F)ccc1N)C2. The molecule has 0 saturated carbocycles. The van der Waals surface area contributed by atoms with Crippen LogP contribution in [-0.2, 0) is 24.4 Å². The number of carbonyl (C=O) groups is 1. The minimum atomic E-state index is -0.746. The van der Waals surface area contributed by atoms with Crippen LogP contribution in [0.5, 0.6) is 0 Å². The van der Waals surface area contributed by atoms with E-state index in [9.17, 15) is 13.6 Å². The summed E-state index contributed by atoms with van der Waals surface area (Å²) in [6, 6.07) is 5.88. The molecule has 1 aliphatic rings. The number of hydrogen-bond acceptors (Lipinski definition) is 4. The van der Waals surface area contributed by atoms with Gasteiger partial charge in [-0.05, 0) is 24.3 Å². The molecule has 0 fully saturated rings. The first-order valence-electron chi connectivity index (χ1n) is 9.32. The highest BCUT2D eigenvalue weighted by Gasteiger charge is 2.33. The molecule has 2 amide bonds. The number of benzene rings is 1. The first-order valence-corrected chi connectivity index (χ1v) is 9.32. The molecule has 8 nitrogen and oxygen atoms in total. The number of urea groups is 1. The number of nitrogens with zero attached hydrogens (tertiary/aromatic N) is 3. The molecule has 4 N–H and O–H groups in total. The number of amides is 2. The van der Waals surface area contributed by atoms with Gasteiger partial charge in [0.1, 0.15) is 24.8 Å². The van der Waals surface area contributed by atoms with Crippen LogP contribution in [0, 0.1) is 11.6 Å². The molecule has 30 heavy (non-hydrogen) atoms. The Morgan fingerprint density at radius 2 is 2.17 bits per heavy atom. The van der Waals surface area contributed by atoms with Gasteiger partial charge in [-0.1, -0.05) is 0 Å². The second-order valence-corrected chi connectivity index (χ2v) is 6.93. The minimum absolute atomic E-state index is 0.114. The summed E-state index contributed by atoms with van der Waals surface area (Å²) < 4.78 is 34.3. The average molecular weight is 415 g/mol. The van der Waals surface area contributed by atoms with Crippen molar-refractivity contribution in [2.45, 2.75) is 19.6 Å². The molecule has 0 atom stereocenters. The monoisotopic (exact) mass is 415 g/mol. The highest BCUT2D eigenvalue weighted by molar-refractivity contribution is 5.92. The van der Waals surface area contributed by atoms with Crippen LogP contribution in [0.3, 0.4) is 0 Å². The van der Waals surface area contributed by atoms with Gasteiger partial charge in [0.25, 0.3) is 0 Å². The molecule has 0 spiro atoms. The Balaban J connectivity index is 1.50. The molecule has 1 aromatic carbocycles. The number of pyridine rings is 1. The minimum Gasteiger partial charge on any atom is -0.396 e. The van der Waals surface area contributed by atoms with Crippen LogP contribution in [0.25, 0.3) is 11.3 Å². The summed E-state index contributed by atoms with van der Waals surface area (Å²) in [7, 11) is 1.63. The van der Waals surface area contributed by atoms with Gasteiger partial charge in [0.05, 0.1) is 29.7 Å². The van der Waals surface area contributed by atoms with E-state index in [1.165, 1.54) is 18.2 Å². The molecule has 0 unspecified atom stereocenters. The van der Waals surface area contributed by atoms with Gasteiger partial charge >= 0.3 is 6.03 Å². The van der Waals surface area contributed by atoms with Crippen LogP contribution >= 0.6 is 0 Å². The van der Waals surface area contributed by atoms with Crippen molar-refractivity contribution in [1.82, 2.24) is 15.0 Å². The van der Waals surface area contributed by atoms with Crippen molar-refractivity contribution in [1.29, 1.82) is 0 Å². The van der Waals surface area contributed by atoms with Crippen molar-refractivity contribution in [3.05, 3.63) is 59.4 Å². The number of nitrogens with one attached hydrogen (secondary N) is 2. The molecule has 3 aromatic rings. The van der Waals surface area contributed by atoms with Crippen LogP contribution in [0.15, 0.2) is 36.5 Å². The lowest BCUT2D eigenvalue weighted by Crippen LogP contribution is -2.42. The van der Waals surface area contributed by atoms with E-state index in [0.29, 0.717) is 26.2 Å². The molecule has 2 aromatic heterocycles. The van der Waals surface area contributed by atoms with Crippen LogP contribution < -0.4 is 15.7 Å². The summed E-state index contributed by atoms with van der Waals surface area (Å²) in [6.07, 6.45) is 1.86. The largest absolute Gasteiger partial charge is 0.396 e. The lowest BCUT2D eigenvalue weighted by Gasteiger charge is -2.17. The Labute approximate surface area is 171 Å². The zero-order chi connectivity index (χ0) is 21.3. The fourth-order valence-electron chi connectivity index (χ4n) is 3.38. The zero-order valence-corrected chi connectivity index (χ0v) is 16.3. The summed E-state index contributed by atoms with van der Waals surface area (Å²) >= 11 is 0. The smallest absolute Gasteiger partial charge is 0.323 e. The molecule has 1 aliphatic heterocycles.